The summed E-state index contributed by atoms with van der Waals surface area (Å²) in [6.45, 7) is -0.683. The van der Waals surface area contributed by atoms with E-state index in [0.717, 1.165) is 0 Å². The topological polar surface area (TPSA) is 131 Å². The zero-order valence-electron chi connectivity index (χ0n) is 7.26. The molecule has 1 aliphatic rings. The van der Waals surface area contributed by atoms with E-state index in [0.29, 0.717) is 0 Å². The fraction of sp³-hybridized carbons (Fsp3) is 1.00. The normalized spacial score (nSPS) is 46.3. The van der Waals surface area contributed by atoms with Crippen molar-refractivity contribution in [1.29, 1.82) is 0 Å². The molecule has 1 rings (SSSR count). The number of aliphatic hydroxyl groups excluding tert-OH is 6. The Morgan fingerprint density at radius 2 is 1.57 bits per heavy atom. The minimum atomic E-state index is -1.69. The molecule has 0 amide bonds. The maximum absolute atomic E-state index is 9.31. The lowest BCUT2D eigenvalue weighted by Gasteiger charge is -2.39. The van der Waals surface area contributed by atoms with Crippen LogP contribution in [0.1, 0.15) is 0 Å². The fourth-order valence-electron chi connectivity index (χ4n) is 1.31. The summed E-state index contributed by atoms with van der Waals surface area (Å²) in [6.07, 6.45) is -9.26. The maximum Gasteiger partial charge on any atom is 0.184 e. The van der Waals surface area contributed by atoms with E-state index in [-0.39, 0.29) is 0 Å². The van der Waals surface area contributed by atoms with Gasteiger partial charge in [0.2, 0.25) is 0 Å². The molecule has 0 aliphatic carbocycles. The van der Waals surface area contributed by atoms with E-state index < -0.39 is 43.4 Å². The molecule has 0 saturated carbocycles. The summed E-state index contributed by atoms with van der Waals surface area (Å²) < 4.78 is 4.62. The molecule has 1 aliphatic heterocycles. The Morgan fingerprint density at radius 3 is 2.07 bits per heavy atom. The van der Waals surface area contributed by atoms with Gasteiger partial charge in [-0.25, -0.2) is 0 Å². The molecule has 0 bridgehead atoms. The molecule has 0 aromatic rings. The van der Waals surface area contributed by atoms with Gasteiger partial charge in [0.25, 0.3) is 0 Å². The molecule has 0 unspecified atom stereocenters. The molecule has 0 aromatic carbocycles. The molecule has 84 valence electrons. The molecule has 7 nitrogen and oxygen atoms in total. The lowest BCUT2D eigenvalue weighted by atomic mass is 9.96. The van der Waals surface area contributed by atoms with Gasteiger partial charge in [0, 0.05) is 0 Å². The van der Waals surface area contributed by atoms with E-state index in [2.05, 4.69) is 4.74 Å². The predicted octanol–water partition coefficient (Wildman–Crippen LogP) is -3.86. The van der Waals surface area contributed by atoms with Crippen molar-refractivity contribution in [3.8, 4) is 0 Å². The van der Waals surface area contributed by atoms with Gasteiger partial charge in [-0.15, -0.1) is 0 Å². The zero-order chi connectivity index (χ0) is 10.9. The van der Waals surface area contributed by atoms with Gasteiger partial charge >= 0.3 is 0 Å². The van der Waals surface area contributed by atoms with Crippen LogP contribution >= 0.6 is 0 Å². The maximum atomic E-state index is 9.31. The molecule has 0 spiro atoms. The lowest BCUT2D eigenvalue weighted by molar-refractivity contribution is -0.298. The van der Waals surface area contributed by atoms with Gasteiger partial charge in [0.1, 0.15) is 30.5 Å². The van der Waals surface area contributed by atoms with Crippen LogP contribution in [0.15, 0.2) is 0 Å². The number of aliphatic hydroxyl groups is 6. The highest BCUT2D eigenvalue weighted by molar-refractivity contribution is 4.91. The third-order valence-corrected chi connectivity index (χ3v) is 2.19. The van der Waals surface area contributed by atoms with E-state index in [9.17, 15) is 10.2 Å². The van der Waals surface area contributed by atoms with Crippen molar-refractivity contribution in [3.05, 3.63) is 0 Å². The first-order valence-corrected chi connectivity index (χ1v) is 4.15. The van der Waals surface area contributed by atoms with Gasteiger partial charge in [0.05, 0.1) is 6.61 Å². The second kappa shape index (κ2) is 4.49. The van der Waals surface area contributed by atoms with Crippen LogP contribution in [0.2, 0.25) is 0 Å². The smallest absolute Gasteiger partial charge is 0.184 e. The first-order valence-electron chi connectivity index (χ1n) is 4.15. The van der Waals surface area contributed by atoms with Gasteiger partial charge in [-0.3, -0.25) is 0 Å². The summed E-state index contributed by atoms with van der Waals surface area (Å²) in [5.74, 6) is 0. The largest absolute Gasteiger partial charge is 0.394 e. The monoisotopic (exact) mass is 210 g/mol. The van der Waals surface area contributed by atoms with Crippen LogP contribution in [0.5, 0.6) is 0 Å². The quantitative estimate of drug-likeness (QED) is 0.275. The molecule has 6 atom stereocenters. The highest BCUT2D eigenvalue weighted by Crippen LogP contribution is 2.21. The lowest BCUT2D eigenvalue weighted by Crippen LogP contribution is -2.61. The van der Waals surface area contributed by atoms with E-state index in [4.69, 9.17) is 20.4 Å². The Balaban J connectivity index is 2.70. The average molecular weight is 210 g/mol. The van der Waals surface area contributed by atoms with Gasteiger partial charge in [0.15, 0.2) is 6.29 Å². The van der Waals surface area contributed by atoms with Crippen molar-refractivity contribution in [1.82, 2.24) is 0 Å². The molecule has 14 heavy (non-hydrogen) atoms. The van der Waals surface area contributed by atoms with Crippen LogP contribution in [-0.2, 0) is 4.74 Å². The Hall–Kier alpha value is -0.280. The van der Waals surface area contributed by atoms with E-state index >= 15 is 0 Å². The minimum absolute atomic E-state index is 0.683. The standard InChI is InChI=1S/C7H14O7/c8-1-2(9)6-4(11)3(10)5(12)7(13)14-6/h2-13H,1H2/t2-,3+,4-,5+,6-,7-/m1/s1. The molecule has 7 heteroatoms. The molecular weight excluding hydrogens is 196 g/mol. The van der Waals surface area contributed by atoms with Crippen LogP contribution < -0.4 is 0 Å². The summed E-state index contributed by atoms with van der Waals surface area (Å²) in [5, 5.41) is 54.3. The van der Waals surface area contributed by atoms with Crippen molar-refractivity contribution in [2.75, 3.05) is 6.61 Å². The fourth-order valence-corrected chi connectivity index (χ4v) is 1.31. The highest BCUT2D eigenvalue weighted by Gasteiger charge is 2.45. The van der Waals surface area contributed by atoms with Crippen molar-refractivity contribution in [2.24, 2.45) is 0 Å². The zero-order valence-corrected chi connectivity index (χ0v) is 7.26. The second-order valence-electron chi connectivity index (χ2n) is 3.21. The molecule has 1 heterocycles. The van der Waals surface area contributed by atoms with E-state index in [1.54, 1.807) is 0 Å². The van der Waals surface area contributed by atoms with Crippen molar-refractivity contribution >= 4 is 0 Å². The molecule has 6 N–H and O–H groups in total. The molecule has 0 radical (unpaired) electrons. The third-order valence-electron chi connectivity index (χ3n) is 2.19. The van der Waals surface area contributed by atoms with Crippen LogP contribution in [0.25, 0.3) is 0 Å². The summed E-state index contributed by atoms with van der Waals surface area (Å²) >= 11 is 0. The SMILES string of the molecule is OC[C@@H](O)[C@H]1O[C@@H](O)[C@@H](O)[C@@H](O)[C@H]1O. The molecular formula is C7H14O7. The number of rotatable bonds is 2. The second-order valence-corrected chi connectivity index (χ2v) is 3.21. The number of ether oxygens (including phenoxy) is 1. The number of hydrogen-bond acceptors (Lipinski definition) is 7. The Bertz CT molecular complexity index is 187. The average Bonchev–Trinajstić information content (AvgIpc) is 2.19. The van der Waals surface area contributed by atoms with Crippen LogP contribution in [-0.4, -0.2) is 74.1 Å². The van der Waals surface area contributed by atoms with Crippen molar-refractivity contribution < 1.29 is 35.4 Å². The van der Waals surface area contributed by atoms with Crippen molar-refractivity contribution in [3.63, 3.8) is 0 Å². The first kappa shape index (κ1) is 11.8. The van der Waals surface area contributed by atoms with Crippen LogP contribution in [0.4, 0.5) is 0 Å². The summed E-state index contributed by atoms with van der Waals surface area (Å²) in [7, 11) is 0. The number of hydrogen-bond donors (Lipinski definition) is 6. The minimum Gasteiger partial charge on any atom is -0.394 e. The van der Waals surface area contributed by atoms with Crippen LogP contribution in [0, 0.1) is 0 Å². The molecule has 1 fully saturated rings. The molecule has 1 saturated heterocycles. The van der Waals surface area contributed by atoms with E-state index in [1.807, 2.05) is 0 Å². The van der Waals surface area contributed by atoms with E-state index in [1.165, 1.54) is 0 Å². The first-order chi connectivity index (χ1) is 6.49. The Kier molecular flexibility index (Phi) is 3.78. The summed E-state index contributed by atoms with van der Waals surface area (Å²) in [4.78, 5) is 0. The predicted molar refractivity (Wildman–Crippen MR) is 42.0 cm³/mol. The van der Waals surface area contributed by atoms with Crippen LogP contribution in [0.3, 0.4) is 0 Å². The molecule has 0 aromatic heterocycles. The van der Waals surface area contributed by atoms with Gasteiger partial charge in [-0.2, -0.15) is 0 Å². The summed E-state index contributed by atoms with van der Waals surface area (Å²) in [5.41, 5.74) is 0. The third kappa shape index (κ3) is 2.04. The Labute approximate surface area is 79.8 Å². The summed E-state index contributed by atoms with van der Waals surface area (Å²) in [6, 6.07) is 0. The van der Waals surface area contributed by atoms with Gasteiger partial charge < -0.3 is 35.4 Å². The van der Waals surface area contributed by atoms with Crippen molar-refractivity contribution in [2.45, 2.75) is 36.8 Å². The highest BCUT2D eigenvalue weighted by atomic mass is 16.6. The van der Waals surface area contributed by atoms with Gasteiger partial charge in [-0.05, 0) is 0 Å². The van der Waals surface area contributed by atoms with Gasteiger partial charge in [-0.1, -0.05) is 0 Å². The Morgan fingerprint density at radius 1 is 1.00 bits per heavy atom.